The fourth-order valence-corrected chi connectivity index (χ4v) is 4.97. The van der Waals surface area contributed by atoms with Gasteiger partial charge in [0.05, 0.1) is 5.56 Å². The largest absolute Gasteiger partial charge is 0.510 e. The zero-order chi connectivity index (χ0) is 24.8. The van der Waals surface area contributed by atoms with Gasteiger partial charge in [0.2, 0.25) is 0 Å². The molecule has 5 nitrogen and oxygen atoms in total. The molecule has 0 bridgehead atoms. The Kier molecular flexibility index (Phi) is 5.89. The fraction of sp³-hybridized carbons (Fsp3) is 0.200. The fourth-order valence-electron chi connectivity index (χ4n) is 4.97. The van der Waals surface area contributed by atoms with Crippen molar-refractivity contribution >= 4 is 30.2 Å². The molecule has 1 aliphatic carbocycles. The highest BCUT2D eigenvalue weighted by molar-refractivity contribution is 6.74. The Balaban J connectivity index is 1.62. The summed E-state index contributed by atoms with van der Waals surface area (Å²) < 4.78 is 46.7. The number of nitrogens with one attached hydrogen (secondary N) is 1. The van der Waals surface area contributed by atoms with Gasteiger partial charge in [-0.25, -0.2) is 9.59 Å². The third kappa shape index (κ3) is 3.91. The van der Waals surface area contributed by atoms with Crippen LogP contribution in [0.5, 0.6) is 0 Å². The molecule has 0 spiro atoms. The van der Waals surface area contributed by atoms with Crippen molar-refractivity contribution in [3.8, 4) is 11.1 Å². The van der Waals surface area contributed by atoms with Crippen molar-refractivity contribution in [1.29, 1.82) is 0 Å². The summed E-state index contributed by atoms with van der Waals surface area (Å²) in [6.45, 7) is -1.81. The van der Waals surface area contributed by atoms with Gasteiger partial charge in [0, 0.05) is 11.6 Å². The lowest BCUT2D eigenvalue weighted by molar-refractivity contribution is 0.0695. The van der Waals surface area contributed by atoms with Crippen molar-refractivity contribution in [1.82, 2.24) is 0 Å². The highest BCUT2D eigenvalue weighted by Gasteiger charge is 2.34. The first-order valence-electron chi connectivity index (χ1n) is 10.7. The van der Waals surface area contributed by atoms with E-state index in [0.717, 1.165) is 29.2 Å². The summed E-state index contributed by atoms with van der Waals surface area (Å²) in [6, 6.07) is 15.5. The van der Waals surface area contributed by atoms with E-state index in [4.69, 9.17) is 4.74 Å². The normalized spacial score (nSPS) is 12.8. The van der Waals surface area contributed by atoms with E-state index in [-0.39, 0.29) is 34.9 Å². The smallest absolute Gasteiger partial charge is 0.478 e. The number of carbonyl (C=O) groups is 2. The average molecular weight is 468 g/mol. The van der Waals surface area contributed by atoms with E-state index in [2.05, 4.69) is 5.32 Å². The van der Waals surface area contributed by atoms with Crippen LogP contribution >= 0.6 is 0 Å². The number of amides is 1. The van der Waals surface area contributed by atoms with E-state index in [0.29, 0.717) is 0 Å². The Morgan fingerprint density at radius 3 is 1.94 bits per heavy atom. The second-order valence-corrected chi connectivity index (χ2v) is 8.37. The lowest BCUT2D eigenvalue weighted by atomic mass is 9.71. The van der Waals surface area contributed by atoms with E-state index in [1.165, 1.54) is 13.8 Å². The summed E-state index contributed by atoms with van der Waals surface area (Å²) in [7, 11) is 0. The molecule has 0 saturated carbocycles. The van der Waals surface area contributed by atoms with Crippen molar-refractivity contribution in [3.63, 3.8) is 0 Å². The Morgan fingerprint density at radius 1 is 0.912 bits per heavy atom. The van der Waals surface area contributed by atoms with Crippen molar-refractivity contribution in [2.75, 3.05) is 11.9 Å². The molecule has 34 heavy (non-hydrogen) atoms. The molecule has 2 N–H and O–H groups in total. The van der Waals surface area contributed by atoms with Crippen LogP contribution < -0.4 is 10.8 Å². The Labute approximate surface area is 194 Å². The predicted octanol–water partition coefficient (Wildman–Crippen LogP) is 5.73. The SMILES string of the molecule is Cc1c(NC(=O)OCC2c3ccccc3-c3ccccc32)c(C)c([B-](F)(F)F)c(C)c1C(=O)O. The quantitative estimate of drug-likeness (QED) is 0.470. The zero-order valence-corrected chi connectivity index (χ0v) is 18.8. The van der Waals surface area contributed by atoms with Gasteiger partial charge in [-0.1, -0.05) is 65.1 Å². The van der Waals surface area contributed by atoms with Gasteiger partial charge in [0.15, 0.2) is 0 Å². The standard InChI is InChI=1S/C25H22BF3NO4/c1-13-21(24(31)32)14(2)23(15(3)22(13)26(27,28)29)30-25(33)34-12-20-18-10-6-4-8-16(18)17-9-5-7-11-19(17)20/h4-11,20H,12H2,1-3H3,(H,30,33)(H,31,32)/q-1. The molecule has 3 aromatic carbocycles. The molecule has 4 rings (SSSR count). The molecule has 0 aliphatic heterocycles. The molecule has 9 heteroatoms. The molecule has 0 saturated heterocycles. The number of benzene rings is 3. The van der Waals surface area contributed by atoms with Crippen LogP contribution in [0.3, 0.4) is 0 Å². The molecule has 176 valence electrons. The van der Waals surface area contributed by atoms with Crippen LogP contribution in [-0.2, 0) is 4.74 Å². The molecule has 1 amide bonds. The lowest BCUT2D eigenvalue weighted by Crippen LogP contribution is -2.40. The van der Waals surface area contributed by atoms with Gasteiger partial charge in [-0.05, 0) is 48.6 Å². The van der Waals surface area contributed by atoms with Crippen molar-refractivity contribution in [2.45, 2.75) is 26.7 Å². The van der Waals surface area contributed by atoms with E-state index < -0.39 is 30.1 Å². The molecule has 1 aliphatic rings. The van der Waals surface area contributed by atoms with E-state index in [1.54, 1.807) is 0 Å². The monoisotopic (exact) mass is 468 g/mol. The Bertz CT molecular complexity index is 1270. The van der Waals surface area contributed by atoms with E-state index in [1.807, 2.05) is 48.5 Å². The predicted molar refractivity (Wildman–Crippen MR) is 125 cm³/mol. The first-order valence-corrected chi connectivity index (χ1v) is 10.7. The Morgan fingerprint density at radius 2 is 1.44 bits per heavy atom. The molecular weight excluding hydrogens is 446 g/mol. The molecule has 0 atom stereocenters. The van der Waals surface area contributed by atoms with Gasteiger partial charge in [-0.15, -0.1) is 0 Å². The molecule has 0 unspecified atom stereocenters. The number of carbonyl (C=O) groups excluding carboxylic acids is 1. The first kappa shape index (κ1) is 23.4. The van der Waals surface area contributed by atoms with Gasteiger partial charge in [0.25, 0.3) is 0 Å². The van der Waals surface area contributed by atoms with Crippen LogP contribution in [0.4, 0.5) is 23.4 Å². The van der Waals surface area contributed by atoms with Gasteiger partial charge < -0.3 is 22.8 Å². The van der Waals surface area contributed by atoms with Crippen molar-refractivity contribution < 1.29 is 32.4 Å². The Hall–Kier alpha value is -3.75. The summed E-state index contributed by atoms with van der Waals surface area (Å²) in [4.78, 5) is 24.4. The number of halogens is 3. The maximum Gasteiger partial charge on any atom is 0.510 e. The maximum atomic E-state index is 13.8. The summed E-state index contributed by atoms with van der Waals surface area (Å²) >= 11 is 0. The minimum absolute atomic E-state index is 0.0222. The van der Waals surface area contributed by atoms with Gasteiger partial charge in [-0.2, -0.15) is 0 Å². The minimum atomic E-state index is -5.50. The molecule has 0 radical (unpaired) electrons. The summed E-state index contributed by atoms with van der Waals surface area (Å²) in [5.74, 6) is -1.71. The molecule has 0 fully saturated rings. The number of carboxylic acid groups (broad SMARTS) is 1. The van der Waals surface area contributed by atoms with Crippen LogP contribution in [0.15, 0.2) is 48.5 Å². The first-order chi connectivity index (χ1) is 16.0. The summed E-state index contributed by atoms with van der Waals surface area (Å²) in [5.41, 5.74) is 1.82. The third-order valence-corrected chi connectivity index (χ3v) is 6.42. The topological polar surface area (TPSA) is 75.6 Å². The minimum Gasteiger partial charge on any atom is -0.478 e. The molecular formula is C25H22BF3NO4-. The summed E-state index contributed by atoms with van der Waals surface area (Å²) in [5, 5.41) is 11.9. The van der Waals surface area contributed by atoms with Crippen molar-refractivity contribution in [3.05, 3.63) is 81.9 Å². The highest BCUT2D eigenvalue weighted by Crippen LogP contribution is 2.44. The maximum absolute atomic E-state index is 13.8. The molecule has 0 heterocycles. The van der Waals surface area contributed by atoms with Crippen LogP contribution in [0.2, 0.25) is 0 Å². The number of carboxylic acids is 1. The van der Waals surface area contributed by atoms with E-state index in [9.17, 15) is 27.6 Å². The van der Waals surface area contributed by atoms with Crippen LogP contribution in [-0.4, -0.2) is 30.8 Å². The van der Waals surface area contributed by atoms with Gasteiger partial charge in [0.1, 0.15) is 6.61 Å². The number of hydrogen-bond acceptors (Lipinski definition) is 3. The van der Waals surface area contributed by atoms with Gasteiger partial charge in [-0.3, -0.25) is 5.32 Å². The lowest BCUT2D eigenvalue weighted by Gasteiger charge is -2.27. The number of rotatable bonds is 5. The van der Waals surface area contributed by atoms with E-state index >= 15 is 0 Å². The van der Waals surface area contributed by atoms with Crippen LogP contribution in [0.25, 0.3) is 11.1 Å². The van der Waals surface area contributed by atoms with Gasteiger partial charge >= 0.3 is 19.0 Å². The summed E-state index contributed by atoms with van der Waals surface area (Å²) in [6.07, 6.45) is -0.950. The number of ether oxygens (including phenoxy) is 1. The van der Waals surface area contributed by atoms with Crippen molar-refractivity contribution in [2.24, 2.45) is 0 Å². The second-order valence-electron chi connectivity index (χ2n) is 8.37. The molecule has 0 aromatic heterocycles. The highest BCUT2D eigenvalue weighted by atomic mass is 19.4. The number of anilines is 1. The third-order valence-electron chi connectivity index (χ3n) is 6.42. The average Bonchev–Trinajstić information content (AvgIpc) is 3.08. The number of fused-ring (bicyclic) bond motifs is 3. The second kappa shape index (κ2) is 8.55. The van der Waals surface area contributed by atoms with Crippen LogP contribution in [0.1, 0.15) is 44.1 Å². The number of hydrogen-bond donors (Lipinski definition) is 2. The molecule has 3 aromatic rings. The number of aromatic carboxylic acids is 1. The van der Waals surface area contributed by atoms with Crippen LogP contribution in [0, 0.1) is 20.8 Å². The zero-order valence-electron chi connectivity index (χ0n) is 18.8.